The van der Waals surface area contributed by atoms with E-state index in [0.717, 1.165) is 39.1 Å². The summed E-state index contributed by atoms with van der Waals surface area (Å²) in [7, 11) is 0. The van der Waals surface area contributed by atoms with Gasteiger partial charge < -0.3 is 27.3 Å². The van der Waals surface area contributed by atoms with Gasteiger partial charge in [0.25, 0.3) is 0 Å². The number of nitrogens with one attached hydrogen (secondary N) is 3. The quantitative estimate of drug-likeness (QED) is 0.186. The van der Waals surface area contributed by atoms with Gasteiger partial charge in [0.1, 0.15) is 10.9 Å². The molecule has 1 aliphatic rings. The summed E-state index contributed by atoms with van der Waals surface area (Å²) in [5.41, 5.74) is 21.0. The number of nitrogen functional groups attached to an aromatic ring is 3. The van der Waals surface area contributed by atoms with E-state index in [-0.39, 0.29) is 22.1 Å². The molecule has 9 N–H and O–H groups in total. The van der Waals surface area contributed by atoms with E-state index in [2.05, 4.69) is 9.97 Å². The summed E-state index contributed by atoms with van der Waals surface area (Å²) in [6.45, 7) is 0. The van der Waals surface area contributed by atoms with E-state index in [0.29, 0.717) is 27.9 Å². The van der Waals surface area contributed by atoms with E-state index in [4.69, 9.17) is 27.7 Å². The Bertz CT molecular complexity index is 1810. The van der Waals surface area contributed by atoms with Crippen molar-refractivity contribution >= 4 is 56.6 Å². The van der Waals surface area contributed by atoms with Crippen LogP contribution in [0.2, 0.25) is 0 Å². The Labute approximate surface area is 210 Å². The molecule has 9 heteroatoms. The maximum Gasteiger partial charge on any atom is 0.113 e. The molecule has 0 amide bonds. The molecule has 6 rings (SSSR count). The van der Waals surface area contributed by atoms with Crippen molar-refractivity contribution in [3.05, 3.63) is 83.5 Å². The van der Waals surface area contributed by atoms with E-state index in [9.17, 15) is 0 Å². The van der Waals surface area contributed by atoms with E-state index in [1.54, 1.807) is 6.07 Å². The molecule has 0 fully saturated rings. The molecule has 8 nitrogen and oxygen atoms in total. The number of hydrogen-bond donors (Lipinski definition) is 6. The number of H-pyrrole nitrogens is 2. The molecule has 4 aromatic heterocycles. The van der Waals surface area contributed by atoms with Crippen molar-refractivity contribution in [2.45, 2.75) is 0 Å². The van der Waals surface area contributed by atoms with Crippen LogP contribution in [0.1, 0.15) is 11.4 Å². The number of aromatic nitrogens is 4. The third kappa shape index (κ3) is 3.72. The van der Waals surface area contributed by atoms with Crippen molar-refractivity contribution in [2.24, 2.45) is 0 Å². The van der Waals surface area contributed by atoms with Crippen molar-refractivity contribution in [1.82, 2.24) is 19.6 Å². The molecular formula is C26H22CoN8. The normalized spacial score (nSPS) is 11.5. The molecule has 175 valence electrons. The zero-order valence-corrected chi connectivity index (χ0v) is 19.5. The molecule has 0 saturated carbocycles. The van der Waals surface area contributed by atoms with E-state index in [1.165, 1.54) is 4.68 Å². The fraction of sp³-hybridized carbons (Fsp3) is 0. The Morgan fingerprint density at radius 3 is 2.23 bits per heavy atom. The SMILES string of the molecule is N=c1c2[nH]c(cc2N)cc2ccc(cc3nc(cc4c(-c5ccccc5)c(N)c1n4N)C=C3)[nH]2.[Co]. The van der Waals surface area contributed by atoms with Crippen LogP contribution in [0.15, 0.2) is 66.7 Å². The molecule has 0 atom stereocenters. The van der Waals surface area contributed by atoms with Crippen LogP contribution in [0.3, 0.4) is 0 Å². The zero-order chi connectivity index (χ0) is 23.4. The molecule has 5 heterocycles. The van der Waals surface area contributed by atoms with Gasteiger partial charge in [-0.15, -0.1) is 0 Å². The second kappa shape index (κ2) is 8.39. The van der Waals surface area contributed by atoms with Crippen molar-refractivity contribution < 1.29 is 16.8 Å². The molecule has 1 aromatic carbocycles. The van der Waals surface area contributed by atoms with Crippen LogP contribution in [0, 0.1) is 5.41 Å². The molecule has 0 aliphatic carbocycles. The summed E-state index contributed by atoms with van der Waals surface area (Å²) < 4.78 is 1.45. The van der Waals surface area contributed by atoms with Gasteiger partial charge in [0.15, 0.2) is 0 Å². The number of nitrogens with two attached hydrogens (primary N) is 3. The van der Waals surface area contributed by atoms with Crippen molar-refractivity contribution in [3.8, 4) is 11.1 Å². The molecule has 1 aliphatic heterocycles. The number of aromatic amines is 2. The predicted molar refractivity (Wildman–Crippen MR) is 139 cm³/mol. The van der Waals surface area contributed by atoms with Gasteiger partial charge in [-0.25, -0.2) is 4.98 Å². The second-order valence-corrected chi connectivity index (χ2v) is 8.29. The van der Waals surface area contributed by atoms with Gasteiger partial charge in [0.2, 0.25) is 0 Å². The average Bonchev–Trinajstić information content (AvgIpc) is 3.58. The van der Waals surface area contributed by atoms with Gasteiger partial charge in [-0.2, -0.15) is 0 Å². The van der Waals surface area contributed by atoms with Crippen molar-refractivity contribution in [3.63, 3.8) is 0 Å². The number of benzene rings is 1. The Kier molecular flexibility index (Phi) is 5.35. The van der Waals surface area contributed by atoms with Crippen molar-refractivity contribution in [2.75, 3.05) is 17.3 Å². The molecule has 0 unspecified atom stereocenters. The molecule has 35 heavy (non-hydrogen) atoms. The van der Waals surface area contributed by atoms with Crippen molar-refractivity contribution in [1.29, 1.82) is 5.41 Å². The van der Waals surface area contributed by atoms with Gasteiger partial charge in [0.05, 0.1) is 33.8 Å². The first-order valence-electron chi connectivity index (χ1n) is 10.8. The summed E-state index contributed by atoms with van der Waals surface area (Å²) >= 11 is 0. The Hall–Kier alpha value is -4.47. The Balaban J connectivity index is 0.00000253. The Morgan fingerprint density at radius 2 is 1.49 bits per heavy atom. The number of anilines is 2. The fourth-order valence-corrected chi connectivity index (χ4v) is 4.45. The molecule has 0 saturated heterocycles. The first-order valence-corrected chi connectivity index (χ1v) is 10.8. The second-order valence-electron chi connectivity index (χ2n) is 8.29. The van der Waals surface area contributed by atoms with Crippen LogP contribution in [-0.4, -0.2) is 19.6 Å². The predicted octanol–water partition coefficient (Wildman–Crippen LogP) is 4.19. The van der Waals surface area contributed by atoms with Gasteiger partial charge in [0, 0.05) is 38.9 Å². The topological polar surface area (TPSA) is 151 Å². The molecule has 0 spiro atoms. The molecule has 1 radical (unpaired) electrons. The summed E-state index contributed by atoms with van der Waals surface area (Å²) in [5.74, 6) is 6.59. The first kappa shape index (κ1) is 22.3. The molecule has 5 aromatic rings. The van der Waals surface area contributed by atoms with Gasteiger partial charge in [-0.3, -0.25) is 10.1 Å². The van der Waals surface area contributed by atoms with E-state index < -0.39 is 0 Å². The van der Waals surface area contributed by atoms with Crippen LogP contribution in [0.25, 0.3) is 56.4 Å². The van der Waals surface area contributed by atoms with Crippen LogP contribution >= 0.6 is 0 Å². The summed E-state index contributed by atoms with van der Waals surface area (Å²) in [5, 5.41) is 9.08. The molecular weight excluding hydrogens is 483 g/mol. The van der Waals surface area contributed by atoms with Gasteiger partial charge in [-0.1, -0.05) is 30.3 Å². The maximum atomic E-state index is 8.97. The smallest absolute Gasteiger partial charge is 0.113 e. The number of nitrogens with zero attached hydrogens (tertiary/aromatic N) is 2. The van der Waals surface area contributed by atoms with Gasteiger partial charge in [-0.05, 0) is 54.1 Å². The van der Waals surface area contributed by atoms with Crippen LogP contribution < -0.4 is 22.7 Å². The number of hydrogen-bond acceptors (Lipinski definition) is 5. The van der Waals surface area contributed by atoms with Crippen LogP contribution in [0.5, 0.6) is 0 Å². The maximum absolute atomic E-state index is 8.97. The van der Waals surface area contributed by atoms with E-state index in [1.807, 2.05) is 72.8 Å². The monoisotopic (exact) mass is 505 g/mol. The Morgan fingerprint density at radius 1 is 0.800 bits per heavy atom. The van der Waals surface area contributed by atoms with Crippen LogP contribution in [-0.2, 0) is 16.8 Å². The van der Waals surface area contributed by atoms with E-state index >= 15 is 0 Å². The first-order chi connectivity index (χ1) is 16.5. The minimum absolute atomic E-state index is 0. The summed E-state index contributed by atoms with van der Waals surface area (Å²) in [6.07, 6.45) is 3.88. The zero-order valence-electron chi connectivity index (χ0n) is 18.5. The third-order valence-corrected chi connectivity index (χ3v) is 6.01. The summed E-state index contributed by atoms with van der Waals surface area (Å²) in [6, 6.07) is 21.3. The standard InChI is InChI=1S/C26H22N8.Co/c27-20-12-19-11-17-7-6-15(31-17)10-16-8-9-18(32-16)13-21-22(14-4-2-1-3-5-14)23(28)26(34(21)30)24(29)25(20)33-19;/h1-13,29,31,33H,27-28,30H2;. The van der Waals surface area contributed by atoms with Gasteiger partial charge >= 0.3 is 0 Å². The minimum Gasteiger partial charge on any atom is -0.397 e. The van der Waals surface area contributed by atoms with Crippen LogP contribution in [0.4, 0.5) is 11.4 Å². The number of rotatable bonds is 1. The molecule has 8 bridgehead atoms. The average molecular weight is 505 g/mol. The largest absolute Gasteiger partial charge is 0.397 e. The number of fused-ring (bicyclic) bond motifs is 8. The fourth-order valence-electron chi connectivity index (χ4n) is 4.45. The summed E-state index contributed by atoms with van der Waals surface area (Å²) in [4.78, 5) is 11.3. The third-order valence-electron chi connectivity index (χ3n) is 6.01. The minimum atomic E-state index is 0.